The molecular weight excluding hydrogens is 342 g/mol. The van der Waals surface area contributed by atoms with Crippen LogP contribution in [0.2, 0.25) is 5.02 Å². The van der Waals surface area contributed by atoms with Crippen LogP contribution in [0.3, 0.4) is 0 Å². The highest BCUT2D eigenvalue weighted by molar-refractivity contribution is 7.99. The molecule has 0 unspecified atom stereocenters. The largest absolute Gasteiger partial charge is 0.348 e. The van der Waals surface area contributed by atoms with E-state index >= 15 is 0 Å². The van der Waals surface area contributed by atoms with E-state index < -0.39 is 11.6 Å². The Bertz CT molecular complexity index is 1020. The summed E-state index contributed by atoms with van der Waals surface area (Å²) in [5.41, 5.74) is 1.07. The lowest BCUT2D eigenvalue weighted by Crippen LogP contribution is -2.26. The molecular formula is C16H9ClF2N2OS. The van der Waals surface area contributed by atoms with Gasteiger partial charge < -0.3 is 0 Å². The predicted molar refractivity (Wildman–Crippen MR) is 87.1 cm³/mol. The van der Waals surface area contributed by atoms with Gasteiger partial charge in [0.2, 0.25) is 0 Å². The fourth-order valence-corrected chi connectivity index (χ4v) is 4.41. The van der Waals surface area contributed by atoms with Gasteiger partial charge in [-0.1, -0.05) is 11.6 Å². The molecule has 2 aromatic carbocycles. The van der Waals surface area contributed by atoms with Gasteiger partial charge in [0.25, 0.3) is 0 Å². The molecule has 7 heteroatoms. The summed E-state index contributed by atoms with van der Waals surface area (Å²) in [5.74, 6) is -0.675. The lowest BCUT2D eigenvalue weighted by molar-refractivity contribution is 0.585. The number of nitrogens with zero attached hydrogens (tertiary/aromatic N) is 2. The van der Waals surface area contributed by atoms with Gasteiger partial charge >= 0.3 is 5.69 Å². The van der Waals surface area contributed by atoms with Crippen molar-refractivity contribution in [1.29, 1.82) is 0 Å². The molecule has 0 radical (unpaired) electrons. The van der Waals surface area contributed by atoms with E-state index in [0.717, 1.165) is 16.3 Å². The third kappa shape index (κ3) is 2.24. The van der Waals surface area contributed by atoms with Crippen molar-refractivity contribution >= 4 is 34.3 Å². The minimum Gasteiger partial charge on any atom is -0.290 e. The first-order valence-corrected chi connectivity index (χ1v) is 8.23. The molecule has 0 saturated carbocycles. The molecule has 0 N–H and O–H groups in total. The SMILES string of the molecule is O=c1ncc2cc(Cl)c(-c3ccc(F)cc3F)c3c2n1CCS3. The fourth-order valence-electron chi connectivity index (χ4n) is 2.83. The second-order valence-corrected chi connectivity index (χ2v) is 6.68. The van der Waals surface area contributed by atoms with Crippen LogP contribution in [0.5, 0.6) is 0 Å². The van der Waals surface area contributed by atoms with E-state index in [1.807, 2.05) is 0 Å². The lowest BCUT2D eigenvalue weighted by Gasteiger charge is -2.22. The average Bonchev–Trinajstić information content (AvgIpc) is 2.52. The third-order valence-electron chi connectivity index (χ3n) is 3.81. The van der Waals surface area contributed by atoms with Gasteiger partial charge in [-0.25, -0.2) is 18.6 Å². The molecule has 0 saturated heterocycles. The normalized spacial score (nSPS) is 13.5. The van der Waals surface area contributed by atoms with Crippen molar-refractivity contribution in [1.82, 2.24) is 9.55 Å². The first kappa shape index (κ1) is 14.7. The summed E-state index contributed by atoms with van der Waals surface area (Å²) in [6, 6.07) is 5.05. The highest BCUT2D eigenvalue weighted by Gasteiger charge is 2.23. The zero-order valence-electron chi connectivity index (χ0n) is 11.6. The van der Waals surface area contributed by atoms with Crippen LogP contribution in [0.15, 0.2) is 40.2 Å². The molecule has 0 aliphatic carbocycles. The summed E-state index contributed by atoms with van der Waals surface area (Å²) in [6.45, 7) is 0.536. The Morgan fingerprint density at radius 3 is 2.87 bits per heavy atom. The smallest absolute Gasteiger partial charge is 0.290 e. The van der Waals surface area contributed by atoms with Crippen LogP contribution in [0.25, 0.3) is 22.0 Å². The molecule has 116 valence electrons. The van der Waals surface area contributed by atoms with Crippen molar-refractivity contribution in [3.8, 4) is 11.1 Å². The molecule has 1 aliphatic heterocycles. The quantitative estimate of drug-likeness (QED) is 0.662. The van der Waals surface area contributed by atoms with Gasteiger partial charge in [0.1, 0.15) is 11.6 Å². The molecule has 23 heavy (non-hydrogen) atoms. The molecule has 3 aromatic rings. The van der Waals surface area contributed by atoms with Crippen LogP contribution in [0, 0.1) is 11.6 Å². The molecule has 2 heterocycles. The number of hydrogen-bond acceptors (Lipinski definition) is 3. The van der Waals surface area contributed by atoms with E-state index in [2.05, 4.69) is 4.98 Å². The van der Waals surface area contributed by atoms with Crippen LogP contribution in [-0.4, -0.2) is 15.3 Å². The number of rotatable bonds is 1. The minimum atomic E-state index is -0.684. The zero-order chi connectivity index (χ0) is 16.1. The maximum absolute atomic E-state index is 14.2. The number of thioether (sulfide) groups is 1. The van der Waals surface area contributed by atoms with Gasteiger partial charge in [-0.3, -0.25) is 4.57 Å². The van der Waals surface area contributed by atoms with E-state index in [9.17, 15) is 13.6 Å². The van der Waals surface area contributed by atoms with Crippen LogP contribution in [0.1, 0.15) is 0 Å². The summed E-state index contributed by atoms with van der Waals surface area (Å²) >= 11 is 7.87. The monoisotopic (exact) mass is 350 g/mol. The average molecular weight is 351 g/mol. The third-order valence-corrected chi connectivity index (χ3v) is 5.18. The van der Waals surface area contributed by atoms with E-state index in [1.165, 1.54) is 30.1 Å². The molecule has 1 aliphatic rings. The molecule has 1 aromatic heterocycles. The standard InChI is InChI=1S/C16H9ClF2N2OS/c17-11-5-8-7-20-16(22)21-3-4-23-15(14(8)21)13(11)10-2-1-9(18)6-12(10)19/h1-2,5-7H,3-4H2. The highest BCUT2D eigenvalue weighted by atomic mass is 35.5. The molecule has 0 bridgehead atoms. The van der Waals surface area contributed by atoms with Crippen LogP contribution >= 0.6 is 23.4 Å². The van der Waals surface area contributed by atoms with Crippen molar-refractivity contribution in [3.63, 3.8) is 0 Å². The Balaban J connectivity index is 2.14. The topological polar surface area (TPSA) is 34.9 Å². The number of aryl methyl sites for hydroxylation is 1. The molecule has 0 amide bonds. The second-order valence-electron chi connectivity index (χ2n) is 5.17. The Labute approximate surface area is 138 Å². The number of halogens is 3. The van der Waals surface area contributed by atoms with Crippen molar-refractivity contribution < 1.29 is 8.78 Å². The summed E-state index contributed by atoms with van der Waals surface area (Å²) in [5, 5.41) is 1.07. The Hall–Kier alpha value is -1.92. The van der Waals surface area contributed by atoms with Crippen molar-refractivity contribution in [2.45, 2.75) is 11.4 Å². The van der Waals surface area contributed by atoms with E-state index in [0.29, 0.717) is 28.4 Å². The summed E-state index contributed by atoms with van der Waals surface area (Å²) in [6.07, 6.45) is 1.47. The Kier molecular flexibility index (Phi) is 3.39. The summed E-state index contributed by atoms with van der Waals surface area (Å²) in [7, 11) is 0. The van der Waals surface area contributed by atoms with E-state index in [1.54, 1.807) is 10.6 Å². The Morgan fingerprint density at radius 1 is 1.26 bits per heavy atom. The molecule has 0 fully saturated rings. The van der Waals surface area contributed by atoms with Gasteiger partial charge in [0.05, 0.1) is 10.5 Å². The van der Waals surface area contributed by atoms with Crippen molar-refractivity contribution in [2.75, 3.05) is 5.75 Å². The number of aromatic nitrogens is 2. The predicted octanol–water partition coefficient (Wildman–Crippen LogP) is 4.10. The summed E-state index contributed by atoms with van der Waals surface area (Å²) in [4.78, 5) is 16.5. The fraction of sp³-hybridized carbons (Fsp3) is 0.125. The lowest BCUT2D eigenvalue weighted by atomic mass is 10.0. The second kappa shape index (κ2) is 5.32. The van der Waals surface area contributed by atoms with Crippen molar-refractivity contribution in [2.24, 2.45) is 0 Å². The van der Waals surface area contributed by atoms with Crippen LogP contribution < -0.4 is 5.69 Å². The van der Waals surface area contributed by atoms with E-state index in [-0.39, 0.29) is 11.3 Å². The van der Waals surface area contributed by atoms with Crippen LogP contribution in [-0.2, 0) is 6.54 Å². The maximum Gasteiger partial charge on any atom is 0.348 e. The highest BCUT2D eigenvalue weighted by Crippen LogP contribution is 2.44. The molecule has 0 spiro atoms. The van der Waals surface area contributed by atoms with Gasteiger partial charge in [0.15, 0.2) is 0 Å². The molecule has 4 rings (SSSR count). The zero-order valence-corrected chi connectivity index (χ0v) is 13.2. The minimum absolute atomic E-state index is 0.221. The van der Waals surface area contributed by atoms with Crippen molar-refractivity contribution in [3.05, 3.63) is 57.6 Å². The molecule has 0 atom stereocenters. The van der Waals surface area contributed by atoms with Gasteiger partial charge in [-0.2, -0.15) is 0 Å². The van der Waals surface area contributed by atoms with Crippen LogP contribution in [0.4, 0.5) is 8.78 Å². The molecule has 3 nitrogen and oxygen atoms in total. The number of benzene rings is 2. The van der Waals surface area contributed by atoms with Gasteiger partial charge in [0, 0.05) is 46.0 Å². The van der Waals surface area contributed by atoms with E-state index in [4.69, 9.17) is 11.6 Å². The maximum atomic E-state index is 14.2. The summed E-state index contributed by atoms with van der Waals surface area (Å²) < 4.78 is 29.0. The number of hydrogen-bond donors (Lipinski definition) is 0. The van der Waals surface area contributed by atoms with Gasteiger partial charge in [-0.05, 0) is 18.2 Å². The Morgan fingerprint density at radius 2 is 2.09 bits per heavy atom. The first-order chi connectivity index (χ1) is 11.1. The first-order valence-electron chi connectivity index (χ1n) is 6.86. The van der Waals surface area contributed by atoms with Gasteiger partial charge in [-0.15, -0.1) is 11.8 Å².